The van der Waals surface area contributed by atoms with Gasteiger partial charge >= 0.3 is 0 Å². The topological polar surface area (TPSA) is 193 Å². The van der Waals surface area contributed by atoms with Crippen molar-refractivity contribution >= 4 is 41.2 Å². The number of hydrogen-bond donors (Lipinski definition) is 4. The van der Waals surface area contributed by atoms with E-state index in [9.17, 15) is 9.59 Å². The molecule has 1 aromatic heterocycles. The van der Waals surface area contributed by atoms with Gasteiger partial charge in [-0.05, 0) is 71.8 Å². The number of anilines is 2. The number of para-hydroxylation sites is 2. The first-order valence-electron chi connectivity index (χ1n) is 16.6. The molecule has 5 N–H and O–H groups in total. The summed E-state index contributed by atoms with van der Waals surface area (Å²) >= 11 is 0. The van der Waals surface area contributed by atoms with Crippen LogP contribution in [0.1, 0.15) is 22.6 Å². The Morgan fingerprint density at radius 3 is 1.82 bits per heavy atom. The molecule has 5 aromatic rings. The summed E-state index contributed by atoms with van der Waals surface area (Å²) in [5, 5.41) is 21.2. The molecule has 4 aromatic carbocycles. The van der Waals surface area contributed by atoms with Crippen molar-refractivity contribution in [2.45, 2.75) is 6.92 Å². The second-order valence-corrected chi connectivity index (χ2v) is 11.2. The Bertz CT molecular complexity index is 2320. The van der Waals surface area contributed by atoms with Crippen LogP contribution in [-0.4, -0.2) is 60.4 Å². The first-order chi connectivity index (χ1) is 27.2. The van der Waals surface area contributed by atoms with E-state index in [2.05, 4.69) is 37.8 Å². The van der Waals surface area contributed by atoms with Crippen molar-refractivity contribution in [1.82, 2.24) is 10.1 Å². The standard InChI is InChI=1S/C22H19N3O4.C20H19N3O4/c1-4-13-28-19-11-9-16(14-20(19)27-3)10-12-21(26)24-18-8-6-5-7-17(18)22-23-15(2)29-25-22;1-3-12-27-17-10-8-14(13-18(17)26-2)9-11-19(24)22-16-7-5-4-6-15(16)20(21)23-25/h1,5-12,14H,13H2,2-3H3,(H,24,26);1,4-11,13,25H,12H2,2H3,(H2,21,23)(H,22,24)/b12-10+;11-9+. The summed E-state index contributed by atoms with van der Waals surface area (Å²) in [5.74, 6) is 6.97. The molecular weight excluding hydrogens is 716 g/mol. The van der Waals surface area contributed by atoms with Crippen LogP contribution in [0.25, 0.3) is 23.5 Å². The third kappa shape index (κ3) is 11.8. The number of oxime groups is 1. The Morgan fingerprint density at radius 2 is 1.32 bits per heavy atom. The summed E-state index contributed by atoms with van der Waals surface area (Å²) in [6.07, 6.45) is 16.5. The van der Waals surface area contributed by atoms with E-state index in [1.807, 2.05) is 18.2 Å². The normalized spacial score (nSPS) is 10.8. The molecule has 0 saturated carbocycles. The molecule has 0 saturated heterocycles. The Hall–Kier alpha value is -7.97. The summed E-state index contributed by atoms with van der Waals surface area (Å²) < 4.78 is 26.4. The van der Waals surface area contributed by atoms with E-state index in [-0.39, 0.29) is 30.9 Å². The summed E-state index contributed by atoms with van der Waals surface area (Å²) in [4.78, 5) is 28.8. The maximum atomic E-state index is 12.4. The molecule has 0 aliphatic heterocycles. The van der Waals surface area contributed by atoms with Crippen LogP contribution in [0, 0.1) is 31.6 Å². The molecule has 56 heavy (non-hydrogen) atoms. The van der Waals surface area contributed by atoms with Crippen LogP contribution in [0.4, 0.5) is 11.4 Å². The highest BCUT2D eigenvalue weighted by atomic mass is 16.5. The summed E-state index contributed by atoms with van der Waals surface area (Å²) in [5.41, 5.74) is 9.21. The quantitative estimate of drug-likeness (QED) is 0.0253. The fourth-order valence-electron chi connectivity index (χ4n) is 4.81. The number of methoxy groups -OCH3 is 2. The number of aromatic nitrogens is 2. The highest BCUT2D eigenvalue weighted by molar-refractivity contribution is 6.08. The smallest absolute Gasteiger partial charge is 0.248 e. The fourth-order valence-corrected chi connectivity index (χ4v) is 4.81. The highest BCUT2D eigenvalue weighted by Crippen LogP contribution is 2.30. The van der Waals surface area contributed by atoms with E-state index in [4.69, 9.17) is 47.3 Å². The van der Waals surface area contributed by atoms with Gasteiger partial charge in [-0.25, -0.2) is 0 Å². The first-order valence-corrected chi connectivity index (χ1v) is 16.6. The zero-order valence-corrected chi connectivity index (χ0v) is 30.7. The van der Waals surface area contributed by atoms with Gasteiger partial charge in [0.2, 0.25) is 23.5 Å². The molecule has 14 heteroatoms. The molecule has 1 heterocycles. The van der Waals surface area contributed by atoms with Crippen molar-refractivity contribution in [3.05, 3.63) is 120 Å². The molecule has 5 rings (SSSR count). The van der Waals surface area contributed by atoms with Crippen LogP contribution in [0.5, 0.6) is 23.0 Å². The summed E-state index contributed by atoms with van der Waals surface area (Å²) in [7, 11) is 3.05. The Balaban J connectivity index is 0.000000249. The van der Waals surface area contributed by atoms with Gasteiger partial charge in [-0.2, -0.15) is 4.98 Å². The van der Waals surface area contributed by atoms with E-state index in [1.54, 1.807) is 85.8 Å². The van der Waals surface area contributed by atoms with Crippen molar-refractivity contribution in [2.24, 2.45) is 10.9 Å². The monoisotopic (exact) mass is 754 g/mol. The summed E-state index contributed by atoms with van der Waals surface area (Å²) in [6, 6.07) is 24.5. The van der Waals surface area contributed by atoms with Gasteiger partial charge < -0.3 is 45.0 Å². The summed E-state index contributed by atoms with van der Waals surface area (Å²) in [6.45, 7) is 1.98. The number of rotatable bonds is 14. The molecule has 0 aliphatic rings. The Labute approximate surface area is 323 Å². The van der Waals surface area contributed by atoms with Crippen molar-refractivity contribution in [2.75, 3.05) is 38.1 Å². The van der Waals surface area contributed by atoms with E-state index in [0.29, 0.717) is 57.2 Å². The number of benzene rings is 4. The van der Waals surface area contributed by atoms with E-state index < -0.39 is 0 Å². The number of aryl methyl sites for hydroxylation is 1. The average Bonchev–Trinajstić information content (AvgIpc) is 3.66. The zero-order chi connectivity index (χ0) is 40.3. The third-order valence-electron chi connectivity index (χ3n) is 7.37. The Kier molecular flexibility index (Phi) is 15.2. The minimum atomic E-state index is -0.375. The van der Waals surface area contributed by atoms with Gasteiger partial charge in [-0.3, -0.25) is 9.59 Å². The van der Waals surface area contributed by atoms with E-state index in [0.717, 1.165) is 11.1 Å². The van der Waals surface area contributed by atoms with Crippen LogP contribution >= 0.6 is 0 Å². The molecule has 0 spiro atoms. The second kappa shape index (κ2) is 20.9. The number of amidine groups is 1. The number of carbonyl (C=O) groups excluding carboxylic acids is 2. The van der Waals surface area contributed by atoms with Gasteiger partial charge in [0.25, 0.3) is 0 Å². The average molecular weight is 755 g/mol. The van der Waals surface area contributed by atoms with Gasteiger partial charge in [-0.15, -0.1) is 12.8 Å². The largest absolute Gasteiger partial charge is 0.493 e. The molecular formula is C42H38N6O8. The second-order valence-electron chi connectivity index (χ2n) is 11.2. The number of terminal acetylenes is 2. The molecule has 0 unspecified atom stereocenters. The van der Waals surface area contributed by atoms with E-state index >= 15 is 0 Å². The molecule has 0 fully saturated rings. The van der Waals surface area contributed by atoms with Gasteiger partial charge in [0.15, 0.2) is 28.8 Å². The highest BCUT2D eigenvalue weighted by Gasteiger charge is 2.13. The lowest BCUT2D eigenvalue weighted by atomic mass is 10.1. The van der Waals surface area contributed by atoms with Crippen molar-refractivity contribution in [3.63, 3.8) is 0 Å². The maximum Gasteiger partial charge on any atom is 0.248 e. The van der Waals surface area contributed by atoms with Crippen LogP contribution < -0.4 is 35.3 Å². The molecule has 2 amide bonds. The number of hydrogen-bond acceptors (Lipinski definition) is 11. The van der Waals surface area contributed by atoms with Gasteiger partial charge in [0, 0.05) is 30.2 Å². The van der Waals surface area contributed by atoms with Gasteiger partial charge in [-0.1, -0.05) is 58.6 Å². The number of nitrogens with one attached hydrogen (secondary N) is 2. The van der Waals surface area contributed by atoms with Crippen LogP contribution in [0.3, 0.4) is 0 Å². The molecule has 284 valence electrons. The minimum Gasteiger partial charge on any atom is -0.493 e. The lowest BCUT2D eigenvalue weighted by molar-refractivity contribution is -0.112. The predicted molar refractivity (Wildman–Crippen MR) is 213 cm³/mol. The van der Waals surface area contributed by atoms with Gasteiger partial charge in [0.1, 0.15) is 13.2 Å². The number of nitrogens with two attached hydrogens (primary N) is 1. The maximum absolute atomic E-state index is 12.4. The van der Waals surface area contributed by atoms with E-state index in [1.165, 1.54) is 26.4 Å². The molecule has 0 atom stereocenters. The number of carbonyl (C=O) groups is 2. The van der Waals surface area contributed by atoms with Gasteiger partial charge in [0.05, 0.1) is 25.6 Å². The number of nitrogens with zero attached hydrogens (tertiary/aromatic N) is 3. The molecule has 14 nitrogen and oxygen atoms in total. The van der Waals surface area contributed by atoms with Crippen molar-refractivity contribution in [3.8, 4) is 59.1 Å². The fraction of sp³-hybridized carbons (Fsp3) is 0.119. The van der Waals surface area contributed by atoms with Crippen LogP contribution in [-0.2, 0) is 9.59 Å². The SMILES string of the molecule is C#CCOc1ccc(/C=C/C(=O)Nc2ccccc2-c2noc(C)n2)cc1OC.C#CCOc1ccc(/C=C/C(=O)Nc2ccccc2C(N)=NO)cc1OC. The zero-order valence-electron chi connectivity index (χ0n) is 30.7. The van der Waals surface area contributed by atoms with Crippen molar-refractivity contribution < 1.29 is 38.3 Å². The minimum absolute atomic E-state index is 0.0952. The first kappa shape index (κ1) is 40.8. The van der Waals surface area contributed by atoms with Crippen LogP contribution in [0.2, 0.25) is 0 Å². The third-order valence-corrected chi connectivity index (χ3v) is 7.37. The Morgan fingerprint density at radius 1 is 0.804 bits per heavy atom. The molecule has 0 bridgehead atoms. The number of ether oxygens (including phenoxy) is 4. The van der Waals surface area contributed by atoms with Crippen molar-refractivity contribution in [1.29, 1.82) is 0 Å². The lowest BCUT2D eigenvalue weighted by Gasteiger charge is -2.09. The number of amides is 2. The molecule has 0 radical (unpaired) electrons. The lowest BCUT2D eigenvalue weighted by Crippen LogP contribution is -2.17. The van der Waals surface area contributed by atoms with Crippen LogP contribution in [0.15, 0.2) is 107 Å². The predicted octanol–water partition coefficient (Wildman–Crippen LogP) is 6.17. The molecule has 0 aliphatic carbocycles.